The third-order valence-electron chi connectivity index (χ3n) is 5.64. The number of fused-ring (bicyclic) bond motifs is 1. The molecule has 4 rings (SSSR count). The number of aromatic nitrogens is 3. The van der Waals surface area contributed by atoms with Gasteiger partial charge in [-0.2, -0.15) is 0 Å². The van der Waals surface area contributed by atoms with E-state index in [1.807, 2.05) is 12.5 Å². The fraction of sp³-hybridized carbons (Fsp3) is 0.667. The fourth-order valence-corrected chi connectivity index (χ4v) is 4.87. The van der Waals surface area contributed by atoms with E-state index in [0.717, 1.165) is 24.9 Å². The van der Waals surface area contributed by atoms with E-state index in [4.69, 9.17) is 0 Å². The van der Waals surface area contributed by atoms with Crippen molar-refractivity contribution in [2.75, 3.05) is 26.2 Å². The van der Waals surface area contributed by atoms with Crippen LogP contribution in [0.25, 0.3) is 0 Å². The minimum absolute atomic E-state index is 0.861. The molecule has 5 nitrogen and oxygen atoms in total. The molecule has 2 aromatic heterocycles. The number of aryl methyl sites for hydroxylation is 2. The minimum Gasteiger partial charge on any atom is -0.337 e. The summed E-state index contributed by atoms with van der Waals surface area (Å²) in [5.74, 6) is 1.72. The Labute approximate surface area is 148 Å². The number of hydrogen-bond donors (Lipinski definition) is 0. The van der Waals surface area contributed by atoms with Crippen molar-refractivity contribution in [3.63, 3.8) is 0 Å². The van der Waals surface area contributed by atoms with E-state index in [9.17, 15) is 0 Å². The van der Waals surface area contributed by atoms with Crippen molar-refractivity contribution in [2.45, 2.75) is 32.9 Å². The molecule has 6 heteroatoms. The van der Waals surface area contributed by atoms with E-state index in [1.54, 1.807) is 11.3 Å². The van der Waals surface area contributed by atoms with Crippen molar-refractivity contribution in [3.05, 3.63) is 34.3 Å². The van der Waals surface area contributed by atoms with Gasteiger partial charge in [-0.1, -0.05) is 0 Å². The summed E-state index contributed by atoms with van der Waals surface area (Å²) in [6.45, 7) is 9.11. The first-order chi connectivity index (χ1) is 11.7. The molecule has 2 atom stereocenters. The topological polar surface area (TPSA) is 37.2 Å². The molecular formula is C18H27N5S. The van der Waals surface area contributed by atoms with Crippen molar-refractivity contribution in [2.24, 2.45) is 18.9 Å². The second-order valence-electron chi connectivity index (χ2n) is 7.42. The van der Waals surface area contributed by atoms with Crippen molar-refractivity contribution in [1.82, 2.24) is 24.3 Å². The molecule has 130 valence electrons. The molecule has 24 heavy (non-hydrogen) atoms. The summed E-state index contributed by atoms with van der Waals surface area (Å²) >= 11 is 1.77. The summed E-state index contributed by atoms with van der Waals surface area (Å²) in [4.78, 5) is 14.1. The van der Waals surface area contributed by atoms with E-state index in [0.29, 0.717) is 0 Å². The molecule has 0 aromatic carbocycles. The Morgan fingerprint density at radius 2 is 1.88 bits per heavy atom. The lowest BCUT2D eigenvalue weighted by atomic mass is 9.92. The monoisotopic (exact) mass is 345 g/mol. The lowest BCUT2D eigenvalue weighted by Gasteiger charge is -2.21. The first kappa shape index (κ1) is 16.2. The molecule has 0 spiro atoms. The Balaban J connectivity index is 1.31. The van der Waals surface area contributed by atoms with Crippen LogP contribution in [0.4, 0.5) is 0 Å². The number of imidazole rings is 1. The number of hydrogen-bond acceptors (Lipinski definition) is 5. The standard InChI is InChI=1S/C18H27N5S/c1-14-20-17(12-24-14)10-22-5-3-15-8-23(9-16(15)4-6-22)11-18-7-19-13-21(18)2/h7,12-13,15-16H,3-6,8-11H2,1-2H3/t15-,16+. The second kappa shape index (κ2) is 6.94. The van der Waals surface area contributed by atoms with Crippen molar-refractivity contribution >= 4 is 11.3 Å². The third kappa shape index (κ3) is 3.55. The maximum absolute atomic E-state index is 4.63. The summed E-state index contributed by atoms with van der Waals surface area (Å²) in [5.41, 5.74) is 2.58. The average molecular weight is 346 g/mol. The molecule has 2 aromatic rings. The molecule has 2 fully saturated rings. The normalized spacial score (nSPS) is 25.8. The summed E-state index contributed by atoms with van der Waals surface area (Å²) in [6.07, 6.45) is 6.57. The van der Waals surface area contributed by atoms with Crippen LogP contribution in [-0.2, 0) is 20.1 Å². The number of likely N-dealkylation sites (tertiary alicyclic amines) is 2. The van der Waals surface area contributed by atoms with Gasteiger partial charge in [-0.05, 0) is 44.7 Å². The fourth-order valence-electron chi connectivity index (χ4n) is 4.26. The van der Waals surface area contributed by atoms with Gasteiger partial charge in [0.1, 0.15) is 0 Å². The number of thiazole rings is 1. The van der Waals surface area contributed by atoms with Gasteiger partial charge in [-0.3, -0.25) is 9.80 Å². The third-order valence-corrected chi connectivity index (χ3v) is 6.46. The molecule has 0 N–H and O–H groups in total. The summed E-state index contributed by atoms with van der Waals surface area (Å²) < 4.78 is 2.14. The first-order valence-electron chi connectivity index (χ1n) is 8.98. The molecular weight excluding hydrogens is 318 g/mol. The summed E-state index contributed by atoms with van der Waals surface area (Å²) in [7, 11) is 2.09. The van der Waals surface area contributed by atoms with Gasteiger partial charge in [0.05, 0.1) is 22.7 Å². The van der Waals surface area contributed by atoms with E-state index >= 15 is 0 Å². The highest BCUT2D eigenvalue weighted by atomic mass is 32.1. The summed E-state index contributed by atoms with van der Waals surface area (Å²) in [5, 5.41) is 3.40. The molecule has 2 aliphatic heterocycles. The van der Waals surface area contributed by atoms with Gasteiger partial charge in [0, 0.05) is 44.8 Å². The maximum Gasteiger partial charge on any atom is 0.0945 e. The lowest BCUT2D eigenvalue weighted by Crippen LogP contribution is -2.27. The van der Waals surface area contributed by atoms with Crippen molar-refractivity contribution in [1.29, 1.82) is 0 Å². The Hall–Kier alpha value is -1.24. The second-order valence-corrected chi connectivity index (χ2v) is 8.48. The van der Waals surface area contributed by atoms with Crippen LogP contribution in [0.2, 0.25) is 0 Å². The Morgan fingerprint density at radius 3 is 2.46 bits per heavy atom. The van der Waals surface area contributed by atoms with Crippen molar-refractivity contribution < 1.29 is 0 Å². The Morgan fingerprint density at radius 1 is 1.12 bits per heavy atom. The summed E-state index contributed by atoms with van der Waals surface area (Å²) in [6, 6.07) is 0. The quantitative estimate of drug-likeness (QED) is 0.853. The zero-order chi connectivity index (χ0) is 16.5. The molecule has 0 radical (unpaired) electrons. The Kier molecular flexibility index (Phi) is 4.70. The van der Waals surface area contributed by atoms with E-state index in [2.05, 4.69) is 43.7 Å². The van der Waals surface area contributed by atoms with Crippen LogP contribution in [0.5, 0.6) is 0 Å². The molecule has 2 saturated heterocycles. The molecule has 0 saturated carbocycles. The lowest BCUT2D eigenvalue weighted by molar-refractivity contribution is 0.246. The molecule has 0 amide bonds. The highest BCUT2D eigenvalue weighted by Crippen LogP contribution is 2.32. The predicted molar refractivity (Wildman–Crippen MR) is 96.8 cm³/mol. The van der Waals surface area contributed by atoms with Gasteiger partial charge in [-0.15, -0.1) is 11.3 Å². The largest absolute Gasteiger partial charge is 0.337 e. The SMILES string of the molecule is Cc1nc(CN2CC[C@@H]3CN(Cc4cncn4C)C[C@@H]3CC2)cs1. The Bertz CT molecular complexity index is 663. The highest BCUT2D eigenvalue weighted by Gasteiger charge is 2.34. The number of nitrogens with zero attached hydrogens (tertiary/aromatic N) is 5. The van der Waals surface area contributed by atoms with Gasteiger partial charge in [-0.25, -0.2) is 9.97 Å². The number of rotatable bonds is 4. The molecule has 0 unspecified atom stereocenters. The molecule has 4 heterocycles. The maximum atomic E-state index is 4.63. The molecule has 0 bridgehead atoms. The van der Waals surface area contributed by atoms with Crippen LogP contribution in [0.15, 0.2) is 17.9 Å². The van der Waals surface area contributed by atoms with Gasteiger partial charge in [0.15, 0.2) is 0 Å². The van der Waals surface area contributed by atoms with E-state index in [1.165, 1.54) is 55.4 Å². The van der Waals surface area contributed by atoms with Gasteiger partial charge in [0.2, 0.25) is 0 Å². The van der Waals surface area contributed by atoms with Gasteiger partial charge >= 0.3 is 0 Å². The first-order valence-corrected chi connectivity index (χ1v) is 9.86. The van der Waals surface area contributed by atoms with Crippen LogP contribution in [0, 0.1) is 18.8 Å². The van der Waals surface area contributed by atoms with Crippen LogP contribution < -0.4 is 0 Å². The smallest absolute Gasteiger partial charge is 0.0945 e. The zero-order valence-corrected chi connectivity index (χ0v) is 15.5. The molecule has 0 aliphatic carbocycles. The van der Waals surface area contributed by atoms with Crippen LogP contribution >= 0.6 is 11.3 Å². The van der Waals surface area contributed by atoms with E-state index < -0.39 is 0 Å². The molecule has 2 aliphatic rings. The van der Waals surface area contributed by atoms with Crippen molar-refractivity contribution in [3.8, 4) is 0 Å². The average Bonchev–Trinajstić information content (AvgIpc) is 3.22. The van der Waals surface area contributed by atoms with Crippen LogP contribution in [-0.4, -0.2) is 50.5 Å². The zero-order valence-electron chi connectivity index (χ0n) is 14.7. The minimum atomic E-state index is 0.861. The highest BCUT2D eigenvalue weighted by molar-refractivity contribution is 7.09. The van der Waals surface area contributed by atoms with Gasteiger partial charge in [0.25, 0.3) is 0 Å². The van der Waals surface area contributed by atoms with Crippen LogP contribution in [0.3, 0.4) is 0 Å². The van der Waals surface area contributed by atoms with E-state index in [-0.39, 0.29) is 0 Å². The van der Waals surface area contributed by atoms with Crippen LogP contribution in [0.1, 0.15) is 29.2 Å². The predicted octanol–water partition coefficient (Wildman–Crippen LogP) is 2.53. The van der Waals surface area contributed by atoms with Gasteiger partial charge < -0.3 is 4.57 Å².